The fourth-order valence-corrected chi connectivity index (χ4v) is 2.33. The molecule has 0 aliphatic carbocycles. The summed E-state index contributed by atoms with van der Waals surface area (Å²) < 4.78 is 0. The highest BCUT2D eigenvalue weighted by Crippen LogP contribution is 2.27. The van der Waals surface area contributed by atoms with E-state index in [0.717, 1.165) is 5.56 Å². The summed E-state index contributed by atoms with van der Waals surface area (Å²) >= 11 is 5.84. The molecule has 6 nitrogen and oxygen atoms in total. The Labute approximate surface area is 120 Å². The van der Waals surface area contributed by atoms with Crippen LogP contribution in [0.15, 0.2) is 24.3 Å². The molecule has 2 heterocycles. The van der Waals surface area contributed by atoms with E-state index in [2.05, 4.69) is 9.97 Å². The summed E-state index contributed by atoms with van der Waals surface area (Å²) in [5, 5.41) is 0.660. The molecule has 7 heteroatoms. The maximum absolute atomic E-state index is 12.3. The lowest BCUT2D eigenvalue weighted by Gasteiger charge is -2.15. The van der Waals surface area contributed by atoms with Gasteiger partial charge in [0.1, 0.15) is 11.5 Å². The van der Waals surface area contributed by atoms with Gasteiger partial charge in [0.25, 0.3) is 5.91 Å². The third-order valence-corrected chi connectivity index (χ3v) is 3.43. The van der Waals surface area contributed by atoms with Gasteiger partial charge in [-0.25, -0.2) is 4.98 Å². The largest absolute Gasteiger partial charge is 0.383 e. The van der Waals surface area contributed by atoms with Gasteiger partial charge in [-0.1, -0.05) is 23.7 Å². The van der Waals surface area contributed by atoms with Crippen LogP contribution in [0.2, 0.25) is 5.02 Å². The first-order chi connectivity index (χ1) is 9.54. The minimum absolute atomic E-state index is 0.0166. The number of halogens is 1. The molecule has 0 atom stereocenters. The van der Waals surface area contributed by atoms with Crippen LogP contribution >= 0.6 is 11.6 Å². The third kappa shape index (κ3) is 2.14. The van der Waals surface area contributed by atoms with Crippen LogP contribution in [0.5, 0.6) is 0 Å². The molecule has 20 heavy (non-hydrogen) atoms. The maximum Gasteiger partial charge on any atom is 0.273 e. The number of hydrogen-bond donors (Lipinski definition) is 2. The highest BCUT2D eigenvalue weighted by molar-refractivity contribution is 6.30. The maximum atomic E-state index is 12.3. The summed E-state index contributed by atoms with van der Waals surface area (Å²) in [6, 6.07) is 7.33. The van der Waals surface area contributed by atoms with Crippen LogP contribution in [0.25, 0.3) is 0 Å². The van der Waals surface area contributed by atoms with Crippen molar-refractivity contribution in [1.82, 2.24) is 14.9 Å². The number of nitrogens with zero attached hydrogens (tertiary/aromatic N) is 3. The molecule has 1 aromatic heterocycles. The van der Waals surface area contributed by atoms with Crippen molar-refractivity contribution < 1.29 is 4.79 Å². The second-order valence-electron chi connectivity index (χ2n) is 4.58. The monoisotopic (exact) mass is 289 g/mol. The number of amides is 1. The van der Waals surface area contributed by atoms with Crippen molar-refractivity contribution in [1.29, 1.82) is 0 Å². The van der Waals surface area contributed by atoms with E-state index in [1.807, 2.05) is 12.1 Å². The van der Waals surface area contributed by atoms with E-state index >= 15 is 0 Å². The summed E-state index contributed by atoms with van der Waals surface area (Å²) in [5.41, 5.74) is 13.2. The number of aromatic nitrogens is 2. The van der Waals surface area contributed by atoms with Gasteiger partial charge in [-0.05, 0) is 17.7 Å². The lowest BCUT2D eigenvalue weighted by Crippen LogP contribution is -2.23. The van der Waals surface area contributed by atoms with Gasteiger partial charge in [0.05, 0.1) is 6.54 Å². The van der Waals surface area contributed by atoms with E-state index < -0.39 is 0 Å². The van der Waals surface area contributed by atoms with Gasteiger partial charge in [0, 0.05) is 17.1 Å². The Kier molecular flexibility index (Phi) is 2.94. The van der Waals surface area contributed by atoms with Crippen molar-refractivity contribution in [3.05, 3.63) is 46.1 Å². The Balaban J connectivity index is 1.87. The van der Waals surface area contributed by atoms with Crippen molar-refractivity contribution in [2.75, 3.05) is 11.5 Å². The minimum Gasteiger partial charge on any atom is -0.383 e. The number of fused-ring (bicyclic) bond motifs is 1. The molecule has 0 saturated carbocycles. The zero-order valence-electron chi connectivity index (χ0n) is 10.5. The zero-order valence-corrected chi connectivity index (χ0v) is 11.3. The first kappa shape index (κ1) is 12.7. The molecular formula is C13H12ClN5O. The van der Waals surface area contributed by atoms with E-state index in [-0.39, 0.29) is 17.7 Å². The topological polar surface area (TPSA) is 98.1 Å². The van der Waals surface area contributed by atoms with Crippen LogP contribution in [-0.2, 0) is 13.1 Å². The Bertz CT molecular complexity index is 686. The molecule has 0 saturated heterocycles. The first-order valence-corrected chi connectivity index (χ1v) is 6.38. The van der Waals surface area contributed by atoms with Gasteiger partial charge in [-0.3, -0.25) is 4.79 Å². The number of rotatable bonds is 2. The highest BCUT2D eigenvalue weighted by atomic mass is 35.5. The molecule has 1 aliphatic rings. The Morgan fingerprint density at radius 1 is 1.20 bits per heavy atom. The lowest BCUT2D eigenvalue weighted by atomic mass is 10.2. The summed E-state index contributed by atoms with van der Waals surface area (Å²) in [7, 11) is 0. The predicted molar refractivity (Wildman–Crippen MR) is 75.9 cm³/mol. The highest BCUT2D eigenvalue weighted by Gasteiger charge is 2.31. The van der Waals surface area contributed by atoms with Crippen LogP contribution in [0.1, 0.15) is 21.6 Å². The Morgan fingerprint density at radius 2 is 1.90 bits per heavy atom. The lowest BCUT2D eigenvalue weighted by molar-refractivity contribution is 0.0762. The van der Waals surface area contributed by atoms with Gasteiger partial charge in [-0.2, -0.15) is 4.98 Å². The van der Waals surface area contributed by atoms with E-state index in [0.29, 0.717) is 29.4 Å². The predicted octanol–water partition coefficient (Wildman–Crippen LogP) is 1.45. The molecule has 0 fully saturated rings. The van der Waals surface area contributed by atoms with Crippen LogP contribution in [0.4, 0.5) is 11.8 Å². The standard InChI is InChI=1S/C13H12ClN5O/c14-8-3-1-7(2-4-8)5-19-6-9-10(12(19)20)17-13(16)18-11(9)15/h1-4H,5-6H2,(H4,15,16,17,18). The number of nitrogen functional groups attached to an aromatic ring is 2. The minimum atomic E-state index is -0.184. The van der Waals surface area contributed by atoms with E-state index in [1.165, 1.54) is 0 Å². The normalized spacial score (nSPS) is 13.7. The molecule has 0 bridgehead atoms. The van der Waals surface area contributed by atoms with Crippen LogP contribution in [0, 0.1) is 0 Å². The van der Waals surface area contributed by atoms with Crippen molar-refractivity contribution in [2.24, 2.45) is 0 Å². The molecule has 1 aliphatic heterocycles. The summed E-state index contributed by atoms with van der Waals surface area (Å²) in [6.45, 7) is 0.856. The molecule has 3 rings (SSSR count). The SMILES string of the molecule is Nc1nc(N)c2c(n1)C(=O)N(Cc1ccc(Cl)cc1)C2. The molecule has 0 spiro atoms. The van der Waals surface area contributed by atoms with Gasteiger partial charge in [0.15, 0.2) is 0 Å². The number of benzene rings is 1. The van der Waals surface area contributed by atoms with E-state index in [9.17, 15) is 4.79 Å². The average Bonchev–Trinajstić information content (AvgIpc) is 2.71. The molecule has 1 aromatic carbocycles. The number of hydrogen-bond acceptors (Lipinski definition) is 5. The van der Waals surface area contributed by atoms with Gasteiger partial charge in [0.2, 0.25) is 5.95 Å². The van der Waals surface area contributed by atoms with Crippen molar-refractivity contribution in [2.45, 2.75) is 13.1 Å². The summed E-state index contributed by atoms with van der Waals surface area (Å²) in [5.74, 6) is 0.0955. The molecule has 0 unspecified atom stereocenters. The number of carbonyl (C=O) groups is 1. The molecule has 2 aromatic rings. The van der Waals surface area contributed by atoms with Crippen LogP contribution in [0.3, 0.4) is 0 Å². The first-order valence-electron chi connectivity index (χ1n) is 6.00. The third-order valence-electron chi connectivity index (χ3n) is 3.18. The molecule has 1 amide bonds. The fourth-order valence-electron chi connectivity index (χ4n) is 2.20. The number of anilines is 2. The quantitative estimate of drug-likeness (QED) is 0.872. The smallest absolute Gasteiger partial charge is 0.273 e. The molecular weight excluding hydrogens is 278 g/mol. The van der Waals surface area contributed by atoms with E-state index in [1.54, 1.807) is 17.0 Å². The van der Waals surface area contributed by atoms with Crippen LogP contribution in [-0.4, -0.2) is 20.8 Å². The summed E-state index contributed by atoms with van der Waals surface area (Å²) in [6.07, 6.45) is 0. The van der Waals surface area contributed by atoms with Crippen LogP contribution < -0.4 is 11.5 Å². The fraction of sp³-hybridized carbons (Fsp3) is 0.154. The van der Waals surface area contributed by atoms with Crippen molar-refractivity contribution in [3.63, 3.8) is 0 Å². The second kappa shape index (κ2) is 4.64. The Morgan fingerprint density at radius 3 is 2.60 bits per heavy atom. The van der Waals surface area contributed by atoms with E-state index in [4.69, 9.17) is 23.1 Å². The Hall–Kier alpha value is -2.34. The second-order valence-corrected chi connectivity index (χ2v) is 5.02. The molecule has 0 radical (unpaired) electrons. The van der Waals surface area contributed by atoms with Crippen molar-refractivity contribution >= 4 is 29.3 Å². The molecule has 4 N–H and O–H groups in total. The number of nitrogens with two attached hydrogens (primary N) is 2. The molecule has 102 valence electrons. The van der Waals surface area contributed by atoms with Gasteiger partial charge < -0.3 is 16.4 Å². The van der Waals surface area contributed by atoms with Gasteiger partial charge >= 0.3 is 0 Å². The van der Waals surface area contributed by atoms with Gasteiger partial charge in [-0.15, -0.1) is 0 Å². The summed E-state index contributed by atoms with van der Waals surface area (Å²) in [4.78, 5) is 21.8. The number of carbonyl (C=O) groups excluding carboxylic acids is 1. The zero-order chi connectivity index (χ0) is 14.3. The average molecular weight is 290 g/mol. The van der Waals surface area contributed by atoms with Crippen molar-refractivity contribution in [3.8, 4) is 0 Å².